The maximum Gasteiger partial charge on any atom is 0.349 e. The molecule has 26 heavy (non-hydrogen) atoms. The third-order valence-electron chi connectivity index (χ3n) is 3.75. The highest BCUT2D eigenvalue weighted by Gasteiger charge is 2.17. The Balaban J connectivity index is 1.80. The molecule has 2 aromatic heterocycles. The highest BCUT2D eigenvalue weighted by atomic mass is 19.1. The summed E-state index contributed by atoms with van der Waals surface area (Å²) in [5.41, 5.74) is 0.279. The monoisotopic (exact) mass is 352 g/mol. The number of hydrogen-bond donors (Lipinski definition) is 0. The Labute approximate surface area is 146 Å². The summed E-state index contributed by atoms with van der Waals surface area (Å²) >= 11 is 0. The highest BCUT2D eigenvalue weighted by molar-refractivity contribution is 5.85. The van der Waals surface area contributed by atoms with Gasteiger partial charge in [0, 0.05) is 10.9 Å². The minimum Gasteiger partial charge on any atom is -0.490 e. The first-order valence-electron chi connectivity index (χ1n) is 7.95. The van der Waals surface area contributed by atoms with E-state index in [1.54, 1.807) is 30.3 Å². The summed E-state index contributed by atoms with van der Waals surface area (Å²) in [6.45, 7) is 2.29. The summed E-state index contributed by atoms with van der Waals surface area (Å²) in [7, 11) is 0. The van der Waals surface area contributed by atoms with Crippen molar-refractivity contribution in [2.24, 2.45) is 0 Å². The number of hydrogen-bond acceptors (Lipinski definition) is 6. The van der Waals surface area contributed by atoms with Gasteiger partial charge in [-0.2, -0.15) is 0 Å². The van der Waals surface area contributed by atoms with Crippen molar-refractivity contribution in [1.82, 2.24) is 10.2 Å². The second kappa shape index (κ2) is 6.44. The van der Waals surface area contributed by atoms with E-state index in [1.165, 1.54) is 18.2 Å². The number of benzene rings is 2. The van der Waals surface area contributed by atoms with Gasteiger partial charge in [0.1, 0.15) is 11.4 Å². The van der Waals surface area contributed by atoms with Gasteiger partial charge in [-0.15, -0.1) is 10.2 Å². The lowest BCUT2D eigenvalue weighted by molar-refractivity contribution is 0.337. The van der Waals surface area contributed by atoms with Crippen molar-refractivity contribution in [2.75, 3.05) is 6.61 Å². The van der Waals surface area contributed by atoms with Crippen molar-refractivity contribution >= 4 is 11.0 Å². The van der Waals surface area contributed by atoms with Crippen LogP contribution in [0.1, 0.15) is 6.92 Å². The Morgan fingerprint density at radius 3 is 2.65 bits per heavy atom. The van der Waals surface area contributed by atoms with Gasteiger partial charge in [0.2, 0.25) is 5.89 Å². The minimum absolute atomic E-state index is 0.00160. The Morgan fingerprint density at radius 2 is 1.85 bits per heavy atom. The predicted octanol–water partition coefficient (Wildman–Crippen LogP) is 4.05. The normalized spacial score (nSPS) is 11.0. The van der Waals surface area contributed by atoms with Crippen LogP contribution < -0.4 is 10.4 Å². The summed E-state index contributed by atoms with van der Waals surface area (Å²) in [6, 6.07) is 12.7. The molecule has 7 heteroatoms. The van der Waals surface area contributed by atoms with Crippen molar-refractivity contribution in [3.05, 3.63) is 64.8 Å². The average molecular weight is 352 g/mol. The molecule has 2 aromatic carbocycles. The molecule has 2 heterocycles. The Bertz CT molecular complexity index is 1150. The van der Waals surface area contributed by atoms with E-state index < -0.39 is 11.4 Å². The van der Waals surface area contributed by atoms with E-state index in [9.17, 15) is 9.18 Å². The van der Waals surface area contributed by atoms with Gasteiger partial charge in [0.25, 0.3) is 5.89 Å². The molecule has 0 saturated heterocycles. The van der Waals surface area contributed by atoms with Gasteiger partial charge in [-0.3, -0.25) is 0 Å². The number of rotatable bonds is 4. The van der Waals surface area contributed by atoms with Crippen LogP contribution in [0.25, 0.3) is 33.9 Å². The van der Waals surface area contributed by atoms with E-state index in [-0.39, 0.29) is 17.3 Å². The number of nitrogens with zero attached hydrogens (tertiary/aromatic N) is 2. The molecule has 4 rings (SSSR count). The van der Waals surface area contributed by atoms with Gasteiger partial charge < -0.3 is 13.6 Å². The predicted molar refractivity (Wildman–Crippen MR) is 92.3 cm³/mol. The van der Waals surface area contributed by atoms with Crippen molar-refractivity contribution in [3.63, 3.8) is 0 Å². The first-order chi connectivity index (χ1) is 12.7. The van der Waals surface area contributed by atoms with Gasteiger partial charge in [-0.1, -0.05) is 18.2 Å². The summed E-state index contributed by atoms with van der Waals surface area (Å²) in [4.78, 5) is 12.4. The number of para-hydroxylation sites is 1. The fraction of sp³-hybridized carbons (Fsp3) is 0.105. The molecule has 0 spiro atoms. The van der Waals surface area contributed by atoms with Gasteiger partial charge in [-0.25, -0.2) is 9.18 Å². The van der Waals surface area contributed by atoms with E-state index in [4.69, 9.17) is 13.6 Å². The molecule has 0 atom stereocenters. The number of aromatic nitrogens is 2. The Morgan fingerprint density at radius 1 is 1.04 bits per heavy atom. The van der Waals surface area contributed by atoms with E-state index >= 15 is 0 Å². The van der Waals surface area contributed by atoms with Crippen LogP contribution in [0.2, 0.25) is 0 Å². The summed E-state index contributed by atoms with van der Waals surface area (Å²) in [6.07, 6.45) is 0. The Hall–Kier alpha value is -3.48. The number of fused-ring (bicyclic) bond motifs is 1. The second-order valence-electron chi connectivity index (χ2n) is 5.48. The van der Waals surface area contributed by atoms with Crippen molar-refractivity contribution in [2.45, 2.75) is 6.92 Å². The summed E-state index contributed by atoms with van der Waals surface area (Å²) in [5, 5.41) is 8.44. The van der Waals surface area contributed by atoms with Crippen LogP contribution in [0.4, 0.5) is 4.39 Å². The standard InChI is InChI=1S/C19H13FN2O4/c1-2-24-15-8-4-5-11-10-14(19(23)25-16(11)15)18-22-21-17(26-18)12-6-3-7-13(20)9-12/h3-10H,2H2,1H3. The molecule has 0 fully saturated rings. The molecule has 0 bridgehead atoms. The van der Waals surface area contributed by atoms with Crippen LogP contribution in [0, 0.1) is 5.82 Å². The van der Waals surface area contributed by atoms with E-state index in [0.29, 0.717) is 28.9 Å². The first kappa shape index (κ1) is 16.0. The van der Waals surface area contributed by atoms with Crippen LogP contribution >= 0.6 is 0 Å². The van der Waals surface area contributed by atoms with Gasteiger partial charge in [0.05, 0.1) is 6.61 Å². The Kier molecular flexibility index (Phi) is 3.96. The van der Waals surface area contributed by atoms with Crippen molar-refractivity contribution < 1.29 is 18.0 Å². The fourth-order valence-electron chi connectivity index (χ4n) is 2.61. The zero-order valence-electron chi connectivity index (χ0n) is 13.7. The van der Waals surface area contributed by atoms with Gasteiger partial charge in [-0.05, 0) is 37.3 Å². The smallest absolute Gasteiger partial charge is 0.349 e. The maximum absolute atomic E-state index is 13.4. The third-order valence-corrected chi connectivity index (χ3v) is 3.75. The lowest BCUT2D eigenvalue weighted by Crippen LogP contribution is -2.04. The van der Waals surface area contributed by atoms with Crippen LogP contribution in [-0.2, 0) is 0 Å². The van der Waals surface area contributed by atoms with E-state index in [2.05, 4.69) is 10.2 Å². The van der Waals surface area contributed by atoms with E-state index in [1.807, 2.05) is 6.92 Å². The average Bonchev–Trinajstić information content (AvgIpc) is 3.12. The van der Waals surface area contributed by atoms with Crippen LogP contribution in [-0.4, -0.2) is 16.8 Å². The minimum atomic E-state index is -0.626. The summed E-state index contributed by atoms with van der Waals surface area (Å²) in [5.74, 6) is 0.180. The molecular formula is C19H13FN2O4. The molecule has 6 nitrogen and oxygen atoms in total. The van der Waals surface area contributed by atoms with Crippen molar-refractivity contribution in [3.8, 4) is 28.7 Å². The molecular weight excluding hydrogens is 339 g/mol. The lowest BCUT2D eigenvalue weighted by Gasteiger charge is -2.06. The van der Waals surface area contributed by atoms with Crippen molar-refractivity contribution in [1.29, 1.82) is 0 Å². The van der Waals surface area contributed by atoms with Crippen LogP contribution in [0.15, 0.2) is 62.2 Å². The quantitative estimate of drug-likeness (QED) is 0.516. The van der Waals surface area contributed by atoms with Crippen LogP contribution in [0.5, 0.6) is 5.75 Å². The molecule has 4 aromatic rings. The molecule has 0 amide bonds. The van der Waals surface area contributed by atoms with Crippen LogP contribution in [0.3, 0.4) is 0 Å². The molecule has 0 aliphatic carbocycles. The first-order valence-corrected chi connectivity index (χ1v) is 7.95. The van der Waals surface area contributed by atoms with Gasteiger partial charge >= 0.3 is 5.63 Å². The topological polar surface area (TPSA) is 78.4 Å². The number of halogens is 1. The zero-order valence-corrected chi connectivity index (χ0v) is 13.7. The van der Waals surface area contributed by atoms with Gasteiger partial charge in [0.15, 0.2) is 11.3 Å². The summed E-state index contributed by atoms with van der Waals surface area (Å²) < 4.78 is 29.8. The number of ether oxygens (including phenoxy) is 1. The second-order valence-corrected chi connectivity index (χ2v) is 5.48. The fourth-order valence-corrected chi connectivity index (χ4v) is 2.61. The third kappa shape index (κ3) is 2.83. The molecule has 0 aliphatic rings. The zero-order chi connectivity index (χ0) is 18.1. The molecule has 0 aliphatic heterocycles. The molecule has 0 unspecified atom stereocenters. The SMILES string of the molecule is CCOc1cccc2cc(-c3nnc(-c4cccc(F)c4)o3)c(=O)oc12. The molecule has 0 radical (unpaired) electrons. The highest BCUT2D eigenvalue weighted by Crippen LogP contribution is 2.28. The maximum atomic E-state index is 13.4. The van der Waals surface area contributed by atoms with E-state index in [0.717, 1.165) is 0 Å². The molecule has 0 saturated carbocycles. The molecule has 130 valence electrons. The lowest BCUT2D eigenvalue weighted by atomic mass is 10.1. The molecule has 0 N–H and O–H groups in total. The largest absolute Gasteiger partial charge is 0.490 e.